The van der Waals surface area contributed by atoms with Crippen molar-refractivity contribution in [3.63, 3.8) is 0 Å². The molecule has 0 saturated heterocycles. The molecule has 128 valence electrons. The first-order chi connectivity index (χ1) is 12.1. The molecule has 0 bridgehead atoms. The fraction of sp³-hybridized carbons (Fsp3) is 0.200. The molecule has 0 amide bonds. The van der Waals surface area contributed by atoms with Gasteiger partial charge in [-0.15, -0.1) is 0 Å². The van der Waals surface area contributed by atoms with E-state index in [0.717, 1.165) is 17.7 Å². The third-order valence-corrected chi connectivity index (χ3v) is 4.32. The average Bonchev–Trinajstić information content (AvgIpc) is 2.61. The van der Waals surface area contributed by atoms with Crippen LogP contribution in [-0.2, 0) is 12.8 Å². The van der Waals surface area contributed by atoms with Gasteiger partial charge in [-0.3, -0.25) is 9.78 Å². The number of anilines is 1. The van der Waals surface area contributed by atoms with Gasteiger partial charge in [-0.25, -0.2) is 4.98 Å². The molecule has 0 radical (unpaired) electrons. The minimum atomic E-state index is -0.107. The van der Waals surface area contributed by atoms with Gasteiger partial charge in [0.1, 0.15) is 0 Å². The van der Waals surface area contributed by atoms with Crippen molar-refractivity contribution >= 4 is 17.5 Å². The molecule has 0 aliphatic heterocycles. The highest BCUT2D eigenvalue weighted by molar-refractivity contribution is 6.30. The summed E-state index contributed by atoms with van der Waals surface area (Å²) in [5.74, 6) is 0.512. The van der Waals surface area contributed by atoms with Gasteiger partial charge in [0.25, 0.3) is 5.56 Å². The van der Waals surface area contributed by atoms with Crippen LogP contribution in [-0.4, -0.2) is 16.5 Å². The van der Waals surface area contributed by atoms with Crippen molar-refractivity contribution in [3.05, 3.63) is 92.4 Å². The van der Waals surface area contributed by atoms with Crippen molar-refractivity contribution in [1.82, 2.24) is 9.97 Å². The van der Waals surface area contributed by atoms with Crippen LogP contribution in [0.15, 0.2) is 59.4 Å². The van der Waals surface area contributed by atoms with Gasteiger partial charge in [0.2, 0.25) is 5.95 Å². The molecule has 0 spiro atoms. The van der Waals surface area contributed by atoms with Crippen LogP contribution in [0.1, 0.15) is 22.4 Å². The second-order valence-electron chi connectivity index (χ2n) is 5.94. The molecule has 0 fully saturated rings. The van der Waals surface area contributed by atoms with E-state index in [0.29, 0.717) is 29.5 Å². The van der Waals surface area contributed by atoms with Crippen molar-refractivity contribution < 1.29 is 0 Å². The molecule has 3 rings (SSSR count). The Hall–Kier alpha value is -2.59. The molecule has 25 heavy (non-hydrogen) atoms. The maximum absolute atomic E-state index is 12.4. The summed E-state index contributed by atoms with van der Waals surface area (Å²) >= 11 is 5.90. The van der Waals surface area contributed by atoms with E-state index in [1.165, 1.54) is 5.56 Å². The summed E-state index contributed by atoms with van der Waals surface area (Å²) in [7, 11) is 0. The Bertz CT molecular complexity index is 889. The molecule has 4 nitrogen and oxygen atoms in total. The van der Waals surface area contributed by atoms with E-state index in [1.54, 1.807) is 0 Å². The normalized spacial score (nSPS) is 10.6. The van der Waals surface area contributed by atoms with E-state index in [2.05, 4.69) is 27.4 Å². The molecular formula is C20H20ClN3O. The minimum absolute atomic E-state index is 0.107. The molecule has 0 saturated carbocycles. The smallest absolute Gasteiger partial charge is 0.256 e. The third-order valence-electron chi connectivity index (χ3n) is 4.07. The number of benzene rings is 2. The molecule has 2 aromatic carbocycles. The number of halogens is 1. The maximum Gasteiger partial charge on any atom is 0.256 e. The highest BCUT2D eigenvalue weighted by Crippen LogP contribution is 2.14. The standard InChI is InChI=1S/C20H20ClN3O/c1-14-18(13-16-7-9-17(21)10-8-16)19(25)24-20(23-14)22-12-11-15-5-3-2-4-6-15/h2-10H,11-13H2,1H3,(H2,22,23,24,25). The van der Waals surface area contributed by atoms with Crippen LogP contribution in [0.3, 0.4) is 0 Å². The van der Waals surface area contributed by atoms with E-state index in [9.17, 15) is 4.79 Å². The third kappa shape index (κ3) is 4.70. The van der Waals surface area contributed by atoms with Crippen molar-refractivity contribution in [3.8, 4) is 0 Å². The largest absolute Gasteiger partial charge is 0.355 e. The number of nitrogens with one attached hydrogen (secondary N) is 2. The van der Waals surface area contributed by atoms with Gasteiger partial charge in [0.05, 0.1) is 5.69 Å². The van der Waals surface area contributed by atoms with Gasteiger partial charge >= 0.3 is 0 Å². The second-order valence-corrected chi connectivity index (χ2v) is 6.38. The lowest BCUT2D eigenvalue weighted by atomic mass is 10.1. The van der Waals surface area contributed by atoms with Crippen LogP contribution in [0.5, 0.6) is 0 Å². The lowest BCUT2D eigenvalue weighted by Gasteiger charge is -2.09. The predicted octanol–water partition coefficient (Wildman–Crippen LogP) is 3.98. The Morgan fingerprint density at radius 3 is 2.44 bits per heavy atom. The molecule has 0 aliphatic carbocycles. The number of rotatable bonds is 6. The Labute approximate surface area is 151 Å². The van der Waals surface area contributed by atoms with Gasteiger partial charge in [-0.1, -0.05) is 54.1 Å². The van der Waals surface area contributed by atoms with Crippen molar-refractivity contribution in [2.75, 3.05) is 11.9 Å². The Morgan fingerprint density at radius 1 is 1.04 bits per heavy atom. The van der Waals surface area contributed by atoms with Crippen LogP contribution in [0.25, 0.3) is 0 Å². The maximum atomic E-state index is 12.4. The zero-order valence-corrected chi connectivity index (χ0v) is 14.8. The number of aryl methyl sites for hydroxylation is 1. The van der Waals surface area contributed by atoms with Crippen LogP contribution >= 0.6 is 11.6 Å². The van der Waals surface area contributed by atoms with Crippen molar-refractivity contribution in [1.29, 1.82) is 0 Å². The molecule has 1 aromatic heterocycles. The van der Waals surface area contributed by atoms with Crippen LogP contribution in [0, 0.1) is 6.92 Å². The van der Waals surface area contributed by atoms with Gasteiger partial charge < -0.3 is 5.32 Å². The van der Waals surface area contributed by atoms with Crippen molar-refractivity contribution in [2.45, 2.75) is 19.8 Å². The quantitative estimate of drug-likeness (QED) is 0.704. The minimum Gasteiger partial charge on any atom is -0.355 e. The summed E-state index contributed by atoms with van der Waals surface area (Å²) in [6.45, 7) is 2.58. The summed E-state index contributed by atoms with van der Waals surface area (Å²) in [6, 6.07) is 17.7. The first-order valence-electron chi connectivity index (χ1n) is 8.24. The Balaban J connectivity index is 1.67. The summed E-state index contributed by atoms with van der Waals surface area (Å²) in [5.41, 5.74) is 3.58. The average molecular weight is 354 g/mol. The van der Waals surface area contributed by atoms with Gasteiger partial charge in [0.15, 0.2) is 0 Å². The number of hydrogen-bond acceptors (Lipinski definition) is 3. The first kappa shape index (κ1) is 17.2. The fourth-order valence-electron chi connectivity index (χ4n) is 2.68. The Morgan fingerprint density at radius 2 is 1.76 bits per heavy atom. The van der Waals surface area contributed by atoms with Crippen molar-refractivity contribution in [2.24, 2.45) is 0 Å². The lowest BCUT2D eigenvalue weighted by molar-refractivity contribution is 0.938. The molecular weight excluding hydrogens is 334 g/mol. The van der Waals surface area contributed by atoms with Gasteiger partial charge in [0, 0.05) is 23.6 Å². The molecule has 0 aliphatic rings. The van der Waals surface area contributed by atoms with E-state index in [-0.39, 0.29) is 5.56 Å². The zero-order valence-electron chi connectivity index (χ0n) is 14.1. The number of hydrogen-bond donors (Lipinski definition) is 2. The molecule has 2 N–H and O–H groups in total. The molecule has 3 aromatic rings. The highest BCUT2D eigenvalue weighted by Gasteiger charge is 2.09. The number of aromatic amines is 1. The summed E-state index contributed by atoms with van der Waals surface area (Å²) < 4.78 is 0. The molecule has 0 atom stereocenters. The molecule has 5 heteroatoms. The topological polar surface area (TPSA) is 57.8 Å². The van der Waals surface area contributed by atoms with E-state index < -0.39 is 0 Å². The van der Waals surface area contributed by atoms with Gasteiger partial charge in [-0.2, -0.15) is 0 Å². The Kier molecular flexibility index (Phi) is 5.51. The summed E-state index contributed by atoms with van der Waals surface area (Å²) in [6.07, 6.45) is 1.41. The highest BCUT2D eigenvalue weighted by atomic mass is 35.5. The van der Waals surface area contributed by atoms with Gasteiger partial charge in [-0.05, 0) is 36.6 Å². The second kappa shape index (κ2) is 7.99. The summed E-state index contributed by atoms with van der Waals surface area (Å²) in [4.78, 5) is 19.7. The van der Waals surface area contributed by atoms with E-state index >= 15 is 0 Å². The summed E-state index contributed by atoms with van der Waals surface area (Å²) in [5, 5.41) is 3.87. The predicted molar refractivity (Wildman–Crippen MR) is 102 cm³/mol. The zero-order chi connectivity index (χ0) is 17.6. The fourth-order valence-corrected chi connectivity index (χ4v) is 2.80. The van der Waals surface area contributed by atoms with Crippen LogP contribution in [0.2, 0.25) is 5.02 Å². The number of aromatic nitrogens is 2. The number of H-pyrrole nitrogens is 1. The molecule has 1 heterocycles. The molecule has 0 unspecified atom stereocenters. The van der Waals surface area contributed by atoms with E-state index in [4.69, 9.17) is 11.6 Å². The van der Waals surface area contributed by atoms with Crippen LogP contribution < -0.4 is 10.9 Å². The lowest BCUT2D eigenvalue weighted by Crippen LogP contribution is -2.20. The number of nitrogens with zero attached hydrogens (tertiary/aromatic N) is 1. The van der Waals surface area contributed by atoms with Crippen LogP contribution in [0.4, 0.5) is 5.95 Å². The monoisotopic (exact) mass is 353 g/mol. The van der Waals surface area contributed by atoms with E-state index in [1.807, 2.05) is 49.4 Å². The SMILES string of the molecule is Cc1nc(NCCc2ccccc2)[nH]c(=O)c1Cc1ccc(Cl)cc1. The first-order valence-corrected chi connectivity index (χ1v) is 8.61.